The Bertz CT molecular complexity index is 402. The van der Waals surface area contributed by atoms with E-state index in [0.717, 1.165) is 0 Å². The number of likely N-dealkylation sites (N-methyl/N-ethyl adjacent to an activating group) is 1. The van der Waals surface area contributed by atoms with Crippen molar-refractivity contribution in [1.82, 2.24) is 9.88 Å². The van der Waals surface area contributed by atoms with Gasteiger partial charge in [0.25, 0.3) is 0 Å². The van der Waals surface area contributed by atoms with E-state index in [9.17, 15) is 4.79 Å². The van der Waals surface area contributed by atoms with E-state index in [0.29, 0.717) is 12.2 Å². The van der Waals surface area contributed by atoms with Crippen molar-refractivity contribution in [3.63, 3.8) is 0 Å². The van der Waals surface area contributed by atoms with Crippen LogP contribution in [0.3, 0.4) is 0 Å². The Morgan fingerprint density at radius 1 is 1.53 bits per heavy atom. The summed E-state index contributed by atoms with van der Waals surface area (Å²) in [6.45, 7) is 4.81. The molecule has 0 aliphatic carbocycles. The van der Waals surface area contributed by atoms with E-state index < -0.39 is 5.97 Å². The predicted molar refractivity (Wildman–Crippen MR) is 67.5 cm³/mol. The van der Waals surface area contributed by atoms with Crippen LogP contribution >= 0.6 is 0 Å². The third kappa shape index (κ3) is 3.42. The zero-order chi connectivity index (χ0) is 13.1. The van der Waals surface area contributed by atoms with Crippen LogP contribution in [0.2, 0.25) is 0 Å². The Morgan fingerprint density at radius 3 is 2.71 bits per heavy atom. The van der Waals surface area contributed by atoms with E-state index in [1.54, 1.807) is 0 Å². The number of hydrogen-bond acceptors (Lipinski definition) is 4. The first-order chi connectivity index (χ1) is 7.84. The van der Waals surface area contributed by atoms with Gasteiger partial charge in [0.1, 0.15) is 0 Å². The molecule has 0 aliphatic rings. The highest BCUT2D eigenvalue weighted by Gasteiger charge is 2.21. The number of carboxylic acids is 1. The molecule has 17 heavy (non-hydrogen) atoms. The molecule has 0 atom stereocenters. The van der Waals surface area contributed by atoms with E-state index in [-0.39, 0.29) is 11.1 Å². The Labute approximate surface area is 101 Å². The minimum atomic E-state index is -0.947. The maximum absolute atomic E-state index is 11.0. The van der Waals surface area contributed by atoms with Crippen molar-refractivity contribution >= 4 is 11.7 Å². The second kappa shape index (κ2) is 5.14. The first-order valence-corrected chi connectivity index (χ1v) is 5.43. The molecular weight excluding hydrogens is 218 g/mol. The first-order valence-electron chi connectivity index (χ1n) is 5.43. The fraction of sp³-hybridized carbons (Fsp3) is 0.500. The zero-order valence-electron chi connectivity index (χ0n) is 10.7. The molecule has 0 radical (unpaired) electrons. The molecule has 94 valence electrons. The molecule has 1 heterocycles. The second-order valence-electron chi connectivity index (χ2n) is 4.79. The molecule has 0 aromatic carbocycles. The lowest BCUT2D eigenvalue weighted by atomic mass is 10.0. The Kier molecular flexibility index (Phi) is 4.07. The molecule has 1 aromatic rings. The lowest BCUT2D eigenvalue weighted by Gasteiger charge is -2.33. The summed E-state index contributed by atoms with van der Waals surface area (Å²) < 4.78 is 0. The highest BCUT2D eigenvalue weighted by atomic mass is 16.4. The molecule has 0 saturated carbocycles. The molecular formula is C12H19N3O2. The van der Waals surface area contributed by atoms with Crippen LogP contribution < -0.4 is 5.32 Å². The summed E-state index contributed by atoms with van der Waals surface area (Å²) in [5.74, 6) is -0.947. The van der Waals surface area contributed by atoms with Gasteiger partial charge < -0.3 is 15.3 Å². The van der Waals surface area contributed by atoms with E-state index in [2.05, 4.69) is 29.0 Å². The van der Waals surface area contributed by atoms with Gasteiger partial charge in [-0.1, -0.05) is 0 Å². The lowest BCUT2D eigenvalue weighted by molar-refractivity contribution is 0.0697. The number of rotatable bonds is 5. The number of hydrogen-bond donors (Lipinski definition) is 2. The van der Waals surface area contributed by atoms with Crippen molar-refractivity contribution in [3.05, 3.63) is 24.0 Å². The third-order valence-electron chi connectivity index (χ3n) is 2.97. The number of aromatic nitrogens is 1. The molecule has 0 bridgehead atoms. The van der Waals surface area contributed by atoms with Crippen LogP contribution in [-0.4, -0.2) is 47.1 Å². The Balaban J connectivity index is 2.79. The van der Waals surface area contributed by atoms with Crippen molar-refractivity contribution < 1.29 is 9.90 Å². The molecule has 0 spiro atoms. The highest BCUT2D eigenvalue weighted by Crippen LogP contribution is 2.16. The number of aromatic carboxylic acids is 1. The van der Waals surface area contributed by atoms with Crippen molar-refractivity contribution in [2.75, 3.05) is 26.0 Å². The van der Waals surface area contributed by atoms with Gasteiger partial charge >= 0.3 is 5.97 Å². The predicted octanol–water partition coefficient (Wildman–Crippen LogP) is 1.53. The topological polar surface area (TPSA) is 65.5 Å². The number of pyridine rings is 1. The van der Waals surface area contributed by atoms with Gasteiger partial charge in [-0.25, -0.2) is 4.79 Å². The monoisotopic (exact) mass is 237 g/mol. The fourth-order valence-corrected chi connectivity index (χ4v) is 1.19. The summed E-state index contributed by atoms with van der Waals surface area (Å²) in [6.07, 6.45) is 3.01. The number of carboxylic acid groups (broad SMARTS) is 1. The van der Waals surface area contributed by atoms with Crippen LogP contribution in [0, 0.1) is 0 Å². The minimum Gasteiger partial charge on any atom is -0.478 e. The van der Waals surface area contributed by atoms with Gasteiger partial charge in [-0.15, -0.1) is 0 Å². The molecule has 1 aromatic heterocycles. The zero-order valence-corrected chi connectivity index (χ0v) is 10.7. The molecule has 0 saturated heterocycles. The molecule has 0 aliphatic heterocycles. The summed E-state index contributed by atoms with van der Waals surface area (Å²) in [4.78, 5) is 17.0. The van der Waals surface area contributed by atoms with Gasteiger partial charge in [0, 0.05) is 18.3 Å². The standard InChI is InChI=1S/C12H19N3O2/c1-12(2,15(3)4)8-14-10-7-13-6-5-9(10)11(16)17/h5-7,14H,8H2,1-4H3,(H,16,17). The average Bonchev–Trinajstić information content (AvgIpc) is 2.26. The van der Waals surface area contributed by atoms with Crippen molar-refractivity contribution in [1.29, 1.82) is 0 Å². The minimum absolute atomic E-state index is 0.0639. The van der Waals surface area contributed by atoms with Crippen LogP contribution in [0.25, 0.3) is 0 Å². The van der Waals surface area contributed by atoms with Crippen LogP contribution in [0.15, 0.2) is 18.5 Å². The first kappa shape index (κ1) is 13.4. The summed E-state index contributed by atoms with van der Waals surface area (Å²) in [6, 6.07) is 1.49. The van der Waals surface area contributed by atoms with Gasteiger partial charge in [-0.05, 0) is 34.0 Å². The smallest absolute Gasteiger partial charge is 0.337 e. The van der Waals surface area contributed by atoms with Gasteiger partial charge in [0.05, 0.1) is 17.4 Å². The summed E-state index contributed by atoms with van der Waals surface area (Å²) in [7, 11) is 3.98. The van der Waals surface area contributed by atoms with Gasteiger partial charge in [0.2, 0.25) is 0 Å². The fourth-order valence-electron chi connectivity index (χ4n) is 1.19. The molecule has 0 unspecified atom stereocenters. The van der Waals surface area contributed by atoms with Crippen LogP contribution in [0.1, 0.15) is 24.2 Å². The Morgan fingerprint density at radius 2 is 2.18 bits per heavy atom. The quantitative estimate of drug-likeness (QED) is 0.813. The highest BCUT2D eigenvalue weighted by molar-refractivity contribution is 5.93. The number of nitrogens with zero attached hydrogens (tertiary/aromatic N) is 2. The molecule has 1 rings (SSSR count). The second-order valence-corrected chi connectivity index (χ2v) is 4.79. The van der Waals surface area contributed by atoms with E-state index in [4.69, 9.17) is 5.11 Å². The van der Waals surface area contributed by atoms with E-state index in [1.807, 2.05) is 14.1 Å². The number of carbonyl (C=O) groups is 1. The third-order valence-corrected chi connectivity index (χ3v) is 2.97. The molecule has 5 heteroatoms. The molecule has 0 amide bonds. The van der Waals surface area contributed by atoms with E-state index in [1.165, 1.54) is 18.5 Å². The maximum atomic E-state index is 11.0. The lowest BCUT2D eigenvalue weighted by Crippen LogP contribution is -2.44. The molecule has 0 fully saturated rings. The Hall–Kier alpha value is -1.62. The van der Waals surface area contributed by atoms with Crippen LogP contribution in [-0.2, 0) is 0 Å². The van der Waals surface area contributed by atoms with Crippen molar-refractivity contribution in [3.8, 4) is 0 Å². The summed E-state index contributed by atoms with van der Waals surface area (Å²) in [5.41, 5.74) is 0.732. The average molecular weight is 237 g/mol. The molecule has 2 N–H and O–H groups in total. The van der Waals surface area contributed by atoms with E-state index >= 15 is 0 Å². The summed E-state index contributed by atoms with van der Waals surface area (Å²) in [5, 5.41) is 12.2. The number of nitrogens with one attached hydrogen (secondary N) is 1. The van der Waals surface area contributed by atoms with Crippen molar-refractivity contribution in [2.45, 2.75) is 19.4 Å². The number of anilines is 1. The van der Waals surface area contributed by atoms with Crippen LogP contribution in [0.4, 0.5) is 5.69 Å². The largest absolute Gasteiger partial charge is 0.478 e. The van der Waals surface area contributed by atoms with Gasteiger partial charge in [0.15, 0.2) is 0 Å². The van der Waals surface area contributed by atoms with Gasteiger partial charge in [-0.3, -0.25) is 4.98 Å². The van der Waals surface area contributed by atoms with Crippen molar-refractivity contribution in [2.24, 2.45) is 0 Å². The molecule has 5 nitrogen and oxygen atoms in total. The SMILES string of the molecule is CN(C)C(C)(C)CNc1cnccc1C(=O)O. The normalized spacial score (nSPS) is 11.6. The maximum Gasteiger partial charge on any atom is 0.337 e. The van der Waals surface area contributed by atoms with Crippen LogP contribution in [0.5, 0.6) is 0 Å². The van der Waals surface area contributed by atoms with Gasteiger partial charge in [-0.2, -0.15) is 0 Å². The summed E-state index contributed by atoms with van der Waals surface area (Å²) >= 11 is 0.